The molecule has 1 spiro atoms. The molecule has 0 saturated carbocycles. The van der Waals surface area contributed by atoms with Crippen molar-refractivity contribution in [2.45, 2.75) is 24.4 Å². The molecular formula is C36H30N2O5. The quantitative estimate of drug-likeness (QED) is 0.289. The molecule has 43 heavy (non-hydrogen) atoms. The van der Waals surface area contributed by atoms with E-state index in [-0.39, 0.29) is 17.5 Å². The molecule has 4 aromatic carbocycles. The monoisotopic (exact) mass is 570 g/mol. The summed E-state index contributed by atoms with van der Waals surface area (Å²) < 4.78 is 10.7. The zero-order valence-corrected chi connectivity index (χ0v) is 24.0. The third kappa shape index (κ3) is 3.77. The maximum Gasteiger partial charge on any atom is 0.238 e. The summed E-state index contributed by atoms with van der Waals surface area (Å²) in [7, 11) is 3.14. The first-order valence-electron chi connectivity index (χ1n) is 14.2. The van der Waals surface area contributed by atoms with Gasteiger partial charge in [-0.25, -0.2) is 0 Å². The van der Waals surface area contributed by atoms with Crippen LogP contribution in [0.25, 0.3) is 5.57 Å². The van der Waals surface area contributed by atoms with Crippen molar-refractivity contribution in [2.24, 2.45) is 5.92 Å². The number of fused-ring (bicyclic) bond motifs is 6. The molecule has 3 aliphatic rings. The molecule has 214 valence electrons. The minimum atomic E-state index is -1.37. The van der Waals surface area contributed by atoms with Crippen LogP contribution in [0.15, 0.2) is 103 Å². The summed E-state index contributed by atoms with van der Waals surface area (Å²) in [6.45, 7) is 2.02. The van der Waals surface area contributed by atoms with E-state index in [4.69, 9.17) is 9.47 Å². The molecule has 1 saturated heterocycles. The molecule has 0 aromatic heterocycles. The number of anilines is 2. The van der Waals surface area contributed by atoms with Gasteiger partial charge in [0.2, 0.25) is 5.91 Å². The fourth-order valence-corrected chi connectivity index (χ4v) is 7.25. The number of hydrogen-bond donors (Lipinski definition) is 1. The van der Waals surface area contributed by atoms with Crippen LogP contribution in [0, 0.1) is 5.92 Å². The van der Waals surface area contributed by atoms with Gasteiger partial charge in [0.1, 0.15) is 23.0 Å². The van der Waals surface area contributed by atoms with Crippen LogP contribution in [-0.4, -0.2) is 43.8 Å². The van der Waals surface area contributed by atoms with Gasteiger partial charge in [0.05, 0.1) is 26.2 Å². The second-order valence-corrected chi connectivity index (χ2v) is 11.2. The second-order valence-electron chi connectivity index (χ2n) is 11.2. The third-order valence-electron chi connectivity index (χ3n) is 9.18. The van der Waals surface area contributed by atoms with Gasteiger partial charge in [-0.15, -0.1) is 0 Å². The molecule has 7 heteroatoms. The topological polar surface area (TPSA) is 84.9 Å². The summed E-state index contributed by atoms with van der Waals surface area (Å²) in [5.41, 5.74) is 3.62. The predicted molar refractivity (Wildman–Crippen MR) is 165 cm³/mol. The standard InChI is InChI=1S/C36H30N2O5/c1-21-20-30-36(27-9-5-6-10-28(27)37-35(36)41)31(33(39)22-12-16-24(42-2)17-13-22)32(38(30)29-11-7-4-8-26(21)29)34(40)23-14-18-25(43-3)19-15-23/h4-20,30-32H,1-3H3,(H,37,41)/t30-,31-,32+,36-/m1/s1. The van der Waals surface area contributed by atoms with Crippen molar-refractivity contribution >= 4 is 34.4 Å². The van der Waals surface area contributed by atoms with Gasteiger partial charge in [0.15, 0.2) is 11.6 Å². The minimum absolute atomic E-state index is 0.240. The maximum atomic E-state index is 14.9. The normalized spacial score (nSPS) is 23.1. The molecule has 7 rings (SSSR count). The van der Waals surface area contributed by atoms with Gasteiger partial charge < -0.3 is 19.7 Å². The average Bonchev–Trinajstić information content (AvgIpc) is 3.52. The highest BCUT2D eigenvalue weighted by atomic mass is 16.5. The minimum Gasteiger partial charge on any atom is -0.497 e. The van der Waals surface area contributed by atoms with Crippen molar-refractivity contribution < 1.29 is 23.9 Å². The summed E-state index contributed by atoms with van der Waals surface area (Å²) >= 11 is 0. The summed E-state index contributed by atoms with van der Waals surface area (Å²) in [5, 5.41) is 3.08. The molecule has 4 atom stereocenters. The van der Waals surface area contributed by atoms with Crippen LogP contribution in [0.2, 0.25) is 0 Å². The number of benzene rings is 4. The van der Waals surface area contributed by atoms with E-state index in [9.17, 15) is 14.4 Å². The number of allylic oxidation sites excluding steroid dienone is 1. The zero-order chi connectivity index (χ0) is 29.9. The van der Waals surface area contributed by atoms with Crippen molar-refractivity contribution in [3.63, 3.8) is 0 Å². The van der Waals surface area contributed by atoms with Crippen molar-refractivity contribution in [1.82, 2.24) is 0 Å². The Kier molecular flexibility index (Phi) is 6.20. The van der Waals surface area contributed by atoms with E-state index in [1.807, 2.05) is 60.4 Å². The van der Waals surface area contributed by atoms with E-state index in [1.54, 1.807) is 62.8 Å². The molecule has 3 aliphatic heterocycles. The first-order valence-corrected chi connectivity index (χ1v) is 14.2. The Morgan fingerprint density at radius 2 is 1.35 bits per heavy atom. The SMILES string of the molecule is COc1ccc(C(=O)[C@@H]2[C@H](C(=O)c3ccc(OC)cc3)[C@]3(C(=O)Nc4ccccc43)[C@H]3C=C(C)c4ccccc4N23)cc1. The lowest BCUT2D eigenvalue weighted by Crippen LogP contribution is -2.51. The first-order chi connectivity index (χ1) is 20.9. The highest BCUT2D eigenvalue weighted by molar-refractivity contribution is 6.18. The van der Waals surface area contributed by atoms with Gasteiger partial charge in [0, 0.05) is 28.1 Å². The van der Waals surface area contributed by atoms with Crippen LogP contribution >= 0.6 is 0 Å². The lowest BCUT2D eigenvalue weighted by atomic mass is 9.64. The Morgan fingerprint density at radius 3 is 2.00 bits per heavy atom. The Balaban J connectivity index is 1.52. The van der Waals surface area contributed by atoms with E-state index in [0.29, 0.717) is 28.3 Å². The number of para-hydroxylation sites is 2. The summed E-state index contributed by atoms with van der Waals surface area (Å²) in [5.74, 6) is -0.620. The highest BCUT2D eigenvalue weighted by Crippen LogP contribution is 2.58. The fraction of sp³-hybridized carbons (Fsp3) is 0.194. The number of methoxy groups -OCH3 is 2. The molecule has 0 radical (unpaired) electrons. The summed E-state index contributed by atoms with van der Waals surface area (Å²) in [6, 6.07) is 27.6. The molecule has 3 heterocycles. The van der Waals surface area contributed by atoms with E-state index in [0.717, 1.165) is 22.4 Å². The molecule has 0 aliphatic carbocycles. The van der Waals surface area contributed by atoms with Crippen LogP contribution < -0.4 is 19.7 Å². The number of rotatable bonds is 6. The molecule has 7 nitrogen and oxygen atoms in total. The summed E-state index contributed by atoms with van der Waals surface area (Å²) in [6.07, 6.45) is 2.06. The Labute approximate surface area is 249 Å². The smallest absolute Gasteiger partial charge is 0.238 e. The maximum absolute atomic E-state index is 14.9. The Bertz CT molecular complexity index is 1810. The molecule has 1 N–H and O–H groups in total. The van der Waals surface area contributed by atoms with Gasteiger partial charge in [-0.1, -0.05) is 42.5 Å². The van der Waals surface area contributed by atoms with Crippen molar-refractivity contribution in [2.75, 3.05) is 24.4 Å². The molecule has 4 aromatic rings. The van der Waals surface area contributed by atoms with Crippen LogP contribution in [0.5, 0.6) is 11.5 Å². The number of carbonyl (C=O) groups is 3. The second kappa shape index (κ2) is 9.98. The molecule has 0 unspecified atom stereocenters. The van der Waals surface area contributed by atoms with Gasteiger partial charge in [-0.05, 0) is 78.7 Å². The van der Waals surface area contributed by atoms with E-state index in [2.05, 4.69) is 11.4 Å². The Morgan fingerprint density at radius 1 is 0.767 bits per heavy atom. The third-order valence-corrected chi connectivity index (χ3v) is 9.18. The van der Waals surface area contributed by atoms with Gasteiger partial charge in [-0.3, -0.25) is 14.4 Å². The van der Waals surface area contributed by atoms with Gasteiger partial charge >= 0.3 is 0 Å². The van der Waals surface area contributed by atoms with E-state index in [1.165, 1.54) is 0 Å². The van der Waals surface area contributed by atoms with Crippen LogP contribution in [0.4, 0.5) is 11.4 Å². The number of hydrogen-bond acceptors (Lipinski definition) is 6. The number of nitrogens with one attached hydrogen (secondary N) is 1. The van der Waals surface area contributed by atoms with Crippen molar-refractivity contribution in [3.05, 3.63) is 125 Å². The molecule has 1 fully saturated rings. The molecular weight excluding hydrogens is 540 g/mol. The van der Waals surface area contributed by atoms with Gasteiger partial charge in [0.25, 0.3) is 0 Å². The first kappa shape index (κ1) is 26.7. The highest BCUT2D eigenvalue weighted by Gasteiger charge is 2.70. The largest absolute Gasteiger partial charge is 0.497 e. The number of carbonyl (C=O) groups excluding carboxylic acids is 3. The van der Waals surface area contributed by atoms with Crippen LogP contribution in [-0.2, 0) is 10.2 Å². The van der Waals surface area contributed by atoms with Crippen LogP contribution in [0.3, 0.4) is 0 Å². The summed E-state index contributed by atoms with van der Waals surface area (Å²) in [4.78, 5) is 46.2. The number of amides is 1. The number of ether oxygens (including phenoxy) is 2. The van der Waals surface area contributed by atoms with E-state index >= 15 is 0 Å². The number of Topliss-reactive ketones (excluding diaryl/α,β-unsaturated/α-hetero) is 2. The zero-order valence-electron chi connectivity index (χ0n) is 24.0. The van der Waals surface area contributed by atoms with Gasteiger partial charge in [-0.2, -0.15) is 0 Å². The van der Waals surface area contributed by atoms with Crippen molar-refractivity contribution in [3.8, 4) is 11.5 Å². The molecule has 1 amide bonds. The average molecular weight is 571 g/mol. The van der Waals surface area contributed by atoms with Crippen molar-refractivity contribution in [1.29, 1.82) is 0 Å². The number of ketones is 2. The molecule has 0 bridgehead atoms. The number of nitrogens with zero attached hydrogens (tertiary/aromatic N) is 1. The fourth-order valence-electron chi connectivity index (χ4n) is 7.25. The Hall–Kier alpha value is -5.17. The lowest BCUT2D eigenvalue weighted by molar-refractivity contribution is -0.121. The van der Waals surface area contributed by atoms with E-state index < -0.39 is 23.4 Å². The lowest BCUT2D eigenvalue weighted by Gasteiger charge is -2.39. The van der Waals surface area contributed by atoms with Crippen LogP contribution in [0.1, 0.15) is 38.8 Å². The predicted octanol–water partition coefficient (Wildman–Crippen LogP) is 5.95.